The van der Waals surface area contributed by atoms with Gasteiger partial charge in [0, 0.05) is 16.4 Å². The first-order valence-electron chi connectivity index (χ1n) is 8.58. The molecule has 0 saturated carbocycles. The van der Waals surface area contributed by atoms with E-state index in [4.69, 9.17) is 16.3 Å². The van der Waals surface area contributed by atoms with Crippen LogP contribution >= 0.6 is 11.6 Å². The number of benzene rings is 2. The quantitative estimate of drug-likeness (QED) is 0.577. The van der Waals surface area contributed by atoms with Gasteiger partial charge in [-0.15, -0.1) is 0 Å². The molecule has 3 N–H and O–H groups in total. The number of ether oxygens (including phenoxy) is 1. The van der Waals surface area contributed by atoms with E-state index >= 15 is 0 Å². The van der Waals surface area contributed by atoms with Crippen LogP contribution in [0.1, 0.15) is 19.4 Å². The minimum atomic E-state index is -4.66. The third kappa shape index (κ3) is 6.56. The molecule has 0 radical (unpaired) electrons. The molecule has 1 atom stereocenters. The minimum Gasteiger partial charge on any atom is -0.450 e. The summed E-state index contributed by atoms with van der Waals surface area (Å²) in [7, 11) is 0. The number of hydrogen-bond acceptors (Lipinski definition) is 4. The van der Waals surface area contributed by atoms with Crippen LogP contribution < -0.4 is 16.0 Å². The molecular formula is C19H19ClF3N3O3. The molecule has 0 saturated heterocycles. The lowest BCUT2D eigenvalue weighted by molar-refractivity contribution is -0.137. The Morgan fingerprint density at radius 2 is 1.69 bits per heavy atom. The molecule has 0 aliphatic carbocycles. The Morgan fingerprint density at radius 3 is 2.28 bits per heavy atom. The molecule has 2 aromatic carbocycles. The molecular weight excluding hydrogens is 411 g/mol. The number of rotatable bonds is 6. The first kappa shape index (κ1) is 22.4. The molecule has 2 aromatic rings. The van der Waals surface area contributed by atoms with Gasteiger partial charge in [-0.1, -0.05) is 11.6 Å². The molecule has 0 aromatic heterocycles. The van der Waals surface area contributed by atoms with Crippen molar-refractivity contribution in [2.24, 2.45) is 0 Å². The number of alkyl halides is 3. The third-order valence-corrected chi connectivity index (χ3v) is 3.96. The van der Waals surface area contributed by atoms with Gasteiger partial charge < -0.3 is 15.4 Å². The summed E-state index contributed by atoms with van der Waals surface area (Å²) in [4.78, 5) is 23.7. The molecule has 0 heterocycles. The maximum absolute atomic E-state index is 13.1. The Balaban J connectivity index is 2.02. The molecule has 0 fully saturated rings. The summed E-state index contributed by atoms with van der Waals surface area (Å²) in [5.41, 5.74) is -0.384. The standard InChI is InChI=1S/C19H19ClF3N3O3/c1-3-29-18(28)25-14-7-5-13(6-8-14)24-11(2)17(27)26-16-9-4-12(20)10-15(16)19(21,22)23/h4-11,24H,3H2,1-2H3,(H,25,28)(H,26,27). The van der Waals surface area contributed by atoms with Crippen molar-refractivity contribution in [3.8, 4) is 0 Å². The zero-order chi connectivity index (χ0) is 21.6. The van der Waals surface area contributed by atoms with Crippen molar-refractivity contribution >= 4 is 40.7 Å². The second kappa shape index (κ2) is 9.51. The molecule has 29 heavy (non-hydrogen) atoms. The molecule has 156 valence electrons. The van der Waals surface area contributed by atoms with E-state index in [-0.39, 0.29) is 17.3 Å². The van der Waals surface area contributed by atoms with Crippen LogP contribution in [0.4, 0.5) is 35.0 Å². The Hall–Kier alpha value is -2.94. The van der Waals surface area contributed by atoms with Gasteiger partial charge in [0.05, 0.1) is 17.9 Å². The smallest absolute Gasteiger partial charge is 0.418 e. The predicted octanol–water partition coefficient (Wildman–Crippen LogP) is 5.37. The van der Waals surface area contributed by atoms with Crippen molar-refractivity contribution in [1.29, 1.82) is 0 Å². The second-order valence-corrected chi connectivity index (χ2v) is 6.40. The fourth-order valence-electron chi connectivity index (χ4n) is 2.35. The lowest BCUT2D eigenvalue weighted by Gasteiger charge is -2.18. The van der Waals surface area contributed by atoms with E-state index in [9.17, 15) is 22.8 Å². The summed E-state index contributed by atoms with van der Waals surface area (Å²) < 4.78 is 44.2. The van der Waals surface area contributed by atoms with Gasteiger partial charge in [0.15, 0.2) is 0 Å². The molecule has 6 nitrogen and oxygen atoms in total. The van der Waals surface area contributed by atoms with Crippen molar-refractivity contribution in [1.82, 2.24) is 0 Å². The van der Waals surface area contributed by atoms with E-state index < -0.39 is 29.8 Å². The van der Waals surface area contributed by atoms with Crippen LogP contribution in [0.15, 0.2) is 42.5 Å². The Kier molecular flexibility index (Phi) is 7.33. The highest BCUT2D eigenvalue weighted by atomic mass is 35.5. The lowest BCUT2D eigenvalue weighted by Crippen LogP contribution is -2.32. The van der Waals surface area contributed by atoms with Crippen LogP contribution in [0, 0.1) is 0 Å². The van der Waals surface area contributed by atoms with Gasteiger partial charge in [-0.25, -0.2) is 4.79 Å². The normalized spacial score (nSPS) is 12.1. The third-order valence-electron chi connectivity index (χ3n) is 3.73. The minimum absolute atomic E-state index is 0.0852. The molecule has 0 spiro atoms. The van der Waals surface area contributed by atoms with Gasteiger partial charge >= 0.3 is 12.3 Å². The number of hydrogen-bond donors (Lipinski definition) is 3. The number of amides is 2. The van der Waals surface area contributed by atoms with Gasteiger partial charge in [0.25, 0.3) is 0 Å². The molecule has 0 bridgehead atoms. The van der Waals surface area contributed by atoms with Crippen LogP contribution in [0.2, 0.25) is 5.02 Å². The van der Waals surface area contributed by atoms with E-state index in [1.165, 1.54) is 13.0 Å². The largest absolute Gasteiger partial charge is 0.450 e. The summed E-state index contributed by atoms with van der Waals surface area (Å²) in [6.45, 7) is 3.42. The van der Waals surface area contributed by atoms with E-state index in [0.29, 0.717) is 11.4 Å². The fourth-order valence-corrected chi connectivity index (χ4v) is 2.52. The van der Waals surface area contributed by atoms with Crippen LogP contribution in [0.5, 0.6) is 0 Å². The molecule has 10 heteroatoms. The summed E-state index contributed by atoms with van der Waals surface area (Å²) in [5.74, 6) is -0.661. The van der Waals surface area contributed by atoms with Gasteiger partial charge in [0.1, 0.15) is 6.04 Å². The fraction of sp³-hybridized carbons (Fsp3) is 0.263. The molecule has 1 unspecified atom stereocenters. The average molecular weight is 430 g/mol. The Morgan fingerprint density at radius 1 is 1.07 bits per heavy atom. The van der Waals surface area contributed by atoms with Crippen LogP contribution in [0.25, 0.3) is 0 Å². The summed E-state index contributed by atoms with van der Waals surface area (Å²) in [6.07, 6.45) is -5.25. The van der Waals surface area contributed by atoms with E-state index in [1.807, 2.05) is 0 Å². The van der Waals surface area contributed by atoms with Crippen LogP contribution in [-0.2, 0) is 15.7 Å². The van der Waals surface area contributed by atoms with Crippen molar-refractivity contribution in [3.63, 3.8) is 0 Å². The monoisotopic (exact) mass is 429 g/mol. The molecule has 2 rings (SSSR count). The van der Waals surface area contributed by atoms with Crippen molar-refractivity contribution in [2.45, 2.75) is 26.1 Å². The number of nitrogens with one attached hydrogen (secondary N) is 3. The van der Waals surface area contributed by atoms with Crippen LogP contribution in [0.3, 0.4) is 0 Å². The van der Waals surface area contributed by atoms with Gasteiger partial charge in [0.2, 0.25) is 5.91 Å². The van der Waals surface area contributed by atoms with E-state index in [2.05, 4.69) is 16.0 Å². The predicted molar refractivity (Wildman–Crippen MR) is 105 cm³/mol. The highest BCUT2D eigenvalue weighted by molar-refractivity contribution is 6.30. The van der Waals surface area contributed by atoms with E-state index in [1.54, 1.807) is 31.2 Å². The second-order valence-electron chi connectivity index (χ2n) is 5.97. The first-order chi connectivity index (χ1) is 13.6. The highest BCUT2D eigenvalue weighted by Gasteiger charge is 2.34. The molecule has 2 amide bonds. The maximum atomic E-state index is 13.1. The SMILES string of the molecule is CCOC(=O)Nc1ccc(NC(C)C(=O)Nc2ccc(Cl)cc2C(F)(F)F)cc1. The first-order valence-corrected chi connectivity index (χ1v) is 8.96. The van der Waals surface area contributed by atoms with Gasteiger partial charge in [-0.2, -0.15) is 13.2 Å². The summed E-state index contributed by atoms with van der Waals surface area (Å²) in [5, 5.41) is 7.57. The number of carbonyl (C=O) groups is 2. The van der Waals surface area contributed by atoms with Gasteiger partial charge in [-0.3, -0.25) is 10.1 Å². The average Bonchev–Trinajstić information content (AvgIpc) is 2.64. The molecule has 0 aliphatic rings. The number of halogens is 4. The topological polar surface area (TPSA) is 79.5 Å². The van der Waals surface area contributed by atoms with Crippen molar-refractivity contribution < 1.29 is 27.5 Å². The number of carbonyl (C=O) groups excluding carboxylic acids is 2. The lowest BCUT2D eigenvalue weighted by atomic mass is 10.1. The van der Waals surface area contributed by atoms with Crippen molar-refractivity contribution in [2.75, 3.05) is 22.6 Å². The zero-order valence-corrected chi connectivity index (χ0v) is 16.3. The van der Waals surface area contributed by atoms with Crippen LogP contribution in [-0.4, -0.2) is 24.6 Å². The van der Waals surface area contributed by atoms with Crippen molar-refractivity contribution in [3.05, 3.63) is 53.1 Å². The maximum Gasteiger partial charge on any atom is 0.418 e. The summed E-state index contributed by atoms with van der Waals surface area (Å²) >= 11 is 5.63. The van der Waals surface area contributed by atoms with Gasteiger partial charge in [-0.05, 0) is 56.3 Å². The highest BCUT2D eigenvalue weighted by Crippen LogP contribution is 2.36. The Bertz CT molecular complexity index is 873. The molecule has 0 aliphatic heterocycles. The zero-order valence-electron chi connectivity index (χ0n) is 15.6. The number of anilines is 3. The van der Waals surface area contributed by atoms with E-state index in [0.717, 1.165) is 12.1 Å². The summed E-state index contributed by atoms with van der Waals surface area (Å²) in [6, 6.07) is 8.67. The Labute approximate surface area is 170 Å².